The minimum atomic E-state index is -0.469. The Labute approximate surface area is 163 Å². The summed E-state index contributed by atoms with van der Waals surface area (Å²) in [5.41, 5.74) is 1.83. The zero-order valence-corrected chi connectivity index (χ0v) is 15.8. The fraction of sp³-hybridized carbons (Fsp3) is 0.364. The van der Waals surface area contributed by atoms with Crippen molar-refractivity contribution in [3.05, 3.63) is 59.4 Å². The number of rotatable bonds is 3. The summed E-state index contributed by atoms with van der Waals surface area (Å²) in [6.45, 7) is 3.60. The van der Waals surface area contributed by atoms with Gasteiger partial charge in [-0.2, -0.15) is 0 Å². The van der Waals surface area contributed by atoms with E-state index in [9.17, 15) is 14.0 Å². The Bertz CT molecular complexity index is 902. The molecule has 2 aromatic rings. The number of aryl methyl sites for hydroxylation is 1. The number of benzene rings is 2. The number of halogens is 1. The molecule has 1 saturated heterocycles. The van der Waals surface area contributed by atoms with Gasteiger partial charge in [0.2, 0.25) is 5.91 Å². The monoisotopic (exact) mass is 382 g/mol. The zero-order valence-electron chi connectivity index (χ0n) is 15.8. The summed E-state index contributed by atoms with van der Waals surface area (Å²) in [5.74, 6) is 0.332. The smallest absolute Gasteiger partial charge is 0.238 e. The number of Topliss-reactive ketones (excluding diaryl/α,β-unsaturated/α-hetero) is 1. The highest BCUT2D eigenvalue weighted by atomic mass is 19.1. The van der Waals surface area contributed by atoms with E-state index in [2.05, 4.69) is 10.2 Å². The Kier molecular flexibility index (Phi) is 4.89. The van der Waals surface area contributed by atoms with Crippen LogP contribution in [-0.4, -0.2) is 41.8 Å². The van der Waals surface area contributed by atoms with Gasteiger partial charge in [0.05, 0.1) is 18.5 Å². The highest BCUT2D eigenvalue weighted by Gasteiger charge is 2.43. The lowest BCUT2D eigenvalue weighted by molar-refractivity contribution is -0.118. The molecule has 2 aromatic carbocycles. The predicted molar refractivity (Wildman–Crippen MR) is 104 cm³/mol. The molecule has 0 aromatic heterocycles. The highest BCUT2D eigenvalue weighted by molar-refractivity contribution is 6.00. The summed E-state index contributed by atoms with van der Waals surface area (Å²) in [7, 11) is 0. The lowest BCUT2D eigenvalue weighted by Gasteiger charge is -2.43. The van der Waals surface area contributed by atoms with Gasteiger partial charge < -0.3 is 10.1 Å². The minimum absolute atomic E-state index is 0.132. The lowest BCUT2D eigenvalue weighted by Crippen LogP contribution is -2.52. The van der Waals surface area contributed by atoms with E-state index in [1.165, 1.54) is 12.1 Å². The second kappa shape index (κ2) is 7.36. The van der Waals surface area contributed by atoms with Crippen molar-refractivity contribution in [2.24, 2.45) is 0 Å². The third kappa shape index (κ3) is 3.92. The fourth-order valence-electron chi connectivity index (χ4n) is 3.94. The van der Waals surface area contributed by atoms with Crippen LogP contribution in [0.1, 0.15) is 35.2 Å². The van der Waals surface area contributed by atoms with Gasteiger partial charge in [-0.25, -0.2) is 4.39 Å². The molecule has 6 heteroatoms. The molecule has 1 fully saturated rings. The maximum Gasteiger partial charge on any atom is 0.238 e. The van der Waals surface area contributed by atoms with Gasteiger partial charge in [-0.3, -0.25) is 14.5 Å². The van der Waals surface area contributed by atoms with Gasteiger partial charge in [0.1, 0.15) is 17.2 Å². The summed E-state index contributed by atoms with van der Waals surface area (Å²) in [4.78, 5) is 26.9. The molecule has 0 aliphatic carbocycles. The van der Waals surface area contributed by atoms with Crippen molar-refractivity contribution in [2.45, 2.75) is 31.8 Å². The summed E-state index contributed by atoms with van der Waals surface area (Å²) in [6.07, 6.45) is 1.80. The van der Waals surface area contributed by atoms with Crippen LogP contribution in [0.25, 0.3) is 0 Å². The van der Waals surface area contributed by atoms with Crippen molar-refractivity contribution in [3.8, 4) is 5.75 Å². The van der Waals surface area contributed by atoms with Gasteiger partial charge >= 0.3 is 0 Å². The molecular formula is C22H23FN2O3. The van der Waals surface area contributed by atoms with Crippen LogP contribution in [0, 0.1) is 12.7 Å². The van der Waals surface area contributed by atoms with Crippen LogP contribution in [0.2, 0.25) is 0 Å². The fourth-order valence-corrected chi connectivity index (χ4v) is 3.94. The third-order valence-corrected chi connectivity index (χ3v) is 5.51. The van der Waals surface area contributed by atoms with E-state index in [0.717, 1.165) is 5.56 Å². The molecule has 2 aliphatic rings. The number of nitrogens with zero attached hydrogens (tertiary/aromatic N) is 1. The molecule has 0 saturated carbocycles. The largest absolute Gasteiger partial charge is 0.486 e. The molecule has 4 rings (SSSR count). The topological polar surface area (TPSA) is 58.6 Å². The first-order valence-corrected chi connectivity index (χ1v) is 9.53. The second-order valence-electron chi connectivity index (χ2n) is 7.72. The number of ketones is 1. The van der Waals surface area contributed by atoms with Crippen LogP contribution in [0.4, 0.5) is 10.1 Å². The number of anilines is 1. The second-order valence-corrected chi connectivity index (χ2v) is 7.72. The molecule has 1 amide bonds. The summed E-state index contributed by atoms with van der Waals surface area (Å²) < 4.78 is 19.2. The Balaban J connectivity index is 1.34. The van der Waals surface area contributed by atoms with E-state index in [4.69, 9.17) is 4.74 Å². The minimum Gasteiger partial charge on any atom is -0.486 e. The first kappa shape index (κ1) is 18.6. The molecular weight excluding hydrogens is 359 g/mol. The maximum absolute atomic E-state index is 13.0. The van der Waals surface area contributed by atoms with Crippen LogP contribution in [0.15, 0.2) is 42.5 Å². The van der Waals surface area contributed by atoms with Gasteiger partial charge in [-0.1, -0.05) is 11.6 Å². The SMILES string of the molecule is Cc1ccc2c(c1)C(=O)CC1(CCN(CC(=O)Nc3ccc(F)cc3)CC1)O2. The van der Waals surface area contributed by atoms with Gasteiger partial charge in [-0.15, -0.1) is 0 Å². The van der Waals surface area contributed by atoms with Crippen LogP contribution >= 0.6 is 0 Å². The molecule has 2 aliphatic heterocycles. The van der Waals surface area contributed by atoms with Crippen molar-refractivity contribution in [1.82, 2.24) is 4.90 Å². The number of likely N-dealkylation sites (tertiary alicyclic amines) is 1. The standard InChI is InChI=1S/C22H23FN2O3/c1-15-2-7-20-18(12-15)19(26)13-22(28-20)8-10-25(11-9-22)14-21(27)24-17-5-3-16(23)4-6-17/h2-7,12H,8-11,13-14H2,1H3,(H,24,27). The van der Waals surface area contributed by atoms with Crippen molar-refractivity contribution in [1.29, 1.82) is 0 Å². The lowest BCUT2D eigenvalue weighted by atomic mass is 9.82. The van der Waals surface area contributed by atoms with Crippen molar-refractivity contribution >= 4 is 17.4 Å². The molecule has 28 heavy (non-hydrogen) atoms. The zero-order chi connectivity index (χ0) is 19.7. The predicted octanol–water partition coefficient (Wildman–Crippen LogP) is 3.57. The molecule has 5 nitrogen and oxygen atoms in total. The Morgan fingerprint density at radius 2 is 1.89 bits per heavy atom. The maximum atomic E-state index is 13.0. The molecule has 1 spiro atoms. The summed E-state index contributed by atoms with van der Waals surface area (Å²) in [5, 5.41) is 2.78. The van der Waals surface area contributed by atoms with Crippen LogP contribution in [0.3, 0.4) is 0 Å². The number of carbonyl (C=O) groups excluding carboxylic acids is 2. The van der Waals surface area contributed by atoms with Crippen LogP contribution < -0.4 is 10.1 Å². The van der Waals surface area contributed by atoms with Crippen LogP contribution in [0.5, 0.6) is 5.75 Å². The summed E-state index contributed by atoms with van der Waals surface area (Å²) >= 11 is 0. The summed E-state index contributed by atoms with van der Waals surface area (Å²) in [6, 6.07) is 11.4. The Morgan fingerprint density at radius 3 is 2.61 bits per heavy atom. The number of ether oxygens (including phenoxy) is 1. The average molecular weight is 382 g/mol. The number of piperidine rings is 1. The van der Waals surface area contributed by atoms with Gasteiger partial charge in [-0.05, 0) is 43.3 Å². The molecule has 0 atom stereocenters. The number of carbonyl (C=O) groups is 2. The van der Waals surface area contributed by atoms with Crippen molar-refractivity contribution in [2.75, 3.05) is 25.0 Å². The van der Waals surface area contributed by atoms with Crippen molar-refractivity contribution in [3.63, 3.8) is 0 Å². The van der Waals surface area contributed by atoms with E-state index in [-0.39, 0.29) is 24.1 Å². The number of nitrogens with one attached hydrogen (secondary N) is 1. The number of fused-ring (bicyclic) bond motifs is 1. The molecule has 0 bridgehead atoms. The quantitative estimate of drug-likeness (QED) is 0.882. The molecule has 0 radical (unpaired) electrons. The molecule has 2 heterocycles. The van der Waals surface area contributed by atoms with Gasteiger partial charge in [0, 0.05) is 31.6 Å². The molecule has 0 unspecified atom stereocenters. The first-order chi connectivity index (χ1) is 13.4. The Hall–Kier alpha value is -2.73. The van der Waals surface area contributed by atoms with Gasteiger partial charge in [0.15, 0.2) is 5.78 Å². The number of amides is 1. The molecule has 1 N–H and O–H groups in total. The number of hydrogen-bond acceptors (Lipinski definition) is 4. The molecule has 146 valence electrons. The van der Waals surface area contributed by atoms with E-state index < -0.39 is 5.60 Å². The number of hydrogen-bond donors (Lipinski definition) is 1. The van der Waals surface area contributed by atoms with E-state index >= 15 is 0 Å². The first-order valence-electron chi connectivity index (χ1n) is 9.53. The highest BCUT2D eigenvalue weighted by Crippen LogP contribution is 2.39. The van der Waals surface area contributed by atoms with Crippen molar-refractivity contribution < 1.29 is 18.7 Å². The van der Waals surface area contributed by atoms with E-state index in [1.54, 1.807) is 12.1 Å². The average Bonchev–Trinajstić information content (AvgIpc) is 2.66. The normalized spacial score (nSPS) is 18.4. The van der Waals surface area contributed by atoms with Crippen LogP contribution in [-0.2, 0) is 4.79 Å². The van der Waals surface area contributed by atoms with Gasteiger partial charge in [0.25, 0.3) is 0 Å². The third-order valence-electron chi connectivity index (χ3n) is 5.51. The van der Waals surface area contributed by atoms with E-state index in [1.807, 2.05) is 25.1 Å². The Morgan fingerprint density at radius 1 is 1.18 bits per heavy atom. The van der Waals surface area contributed by atoms with E-state index in [0.29, 0.717) is 49.4 Å².